The van der Waals surface area contributed by atoms with E-state index in [2.05, 4.69) is 45.0 Å². The van der Waals surface area contributed by atoms with Crippen molar-refractivity contribution in [2.45, 2.75) is 25.8 Å². The van der Waals surface area contributed by atoms with E-state index >= 15 is 0 Å². The maximum absolute atomic E-state index is 5.05. The zero-order valence-corrected chi connectivity index (χ0v) is 16.5. The van der Waals surface area contributed by atoms with Gasteiger partial charge in [0, 0.05) is 32.8 Å². The molecule has 2 N–H and O–H groups in total. The summed E-state index contributed by atoms with van der Waals surface area (Å²) in [4.78, 5) is 6.99. The van der Waals surface area contributed by atoms with Crippen molar-refractivity contribution in [2.75, 3.05) is 44.8 Å². The molecular weight excluding hydrogens is 411 g/mol. The Morgan fingerprint density at radius 1 is 1.45 bits per heavy atom. The summed E-state index contributed by atoms with van der Waals surface area (Å²) in [5.74, 6) is 0.907. The summed E-state index contributed by atoms with van der Waals surface area (Å²) in [6.45, 7) is 6.54. The third-order valence-corrected chi connectivity index (χ3v) is 4.49. The van der Waals surface area contributed by atoms with Gasteiger partial charge in [0.25, 0.3) is 0 Å². The number of rotatable bonds is 6. The molecule has 0 amide bonds. The molecule has 0 bridgehead atoms. The van der Waals surface area contributed by atoms with Crippen molar-refractivity contribution >= 4 is 46.3 Å². The Kier molecular flexibility index (Phi) is 9.81. The fraction of sp³-hybridized carbons (Fsp3) is 0.667. The minimum atomic E-state index is 0. The van der Waals surface area contributed by atoms with E-state index in [1.807, 2.05) is 11.3 Å². The van der Waals surface area contributed by atoms with Crippen LogP contribution in [0.1, 0.15) is 19.8 Å². The van der Waals surface area contributed by atoms with Gasteiger partial charge < -0.3 is 20.3 Å². The fourth-order valence-corrected chi connectivity index (χ4v) is 3.24. The molecule has 2 heterocycles. The lowest BCUT2D eigenvalue weighted by Crippen LogP contribution is -2.48. The largest absolute Gasteiger partial charge is 0.383 e. The molecular formula is C15H27IN4OS. The zero-order valence-electron chi connectivity index (χ0n) is 13.4. The number of ether oxygens (including phenoxy) is 1. The summed E-state index contributed by atoms with van der Waals surface area (Å²) in [7, 11) is 1.70. The highest BCUT2D eigenvalue weighted by atomic mass is 127. The first-order valence-corrected chi connectivity index (χ1v) is 8.53. The van der Waals surface area contributed by atoms with Crippen LogP contribution in [0.4, 0.5) is 5.00 Å². The molecule has 1 aromatic rings. The van der Waals surface area contributed by atoms with Crippen LogP contribution >= 0.6 is 35.3 Å². The smallest absolute Gasteiger partial charge is 0.191 e. The second-order valence-corrected chi connectivity index (χ2v) is 6.04. The average molecular weight is 438 g/mol. The Balaban J connectivity index is 0.00000242. The summed E-state index contributed by atoms with van der Waals surface area (Å²) in [5.41, 5.74) is 0. The van der Waals surface area contributed by atoms with E-state index in [0.29, 0.717) is 19.2 Å². The van der Waals surface area contributed by atoms with Gasteiger partial charge in [0.15, 0.2) is 5.96 Å². The Morgan fingerprint density at radius 2 is 2.23 bits per heavy atom. The topological polar surface area (TPSA) is 48.9 Å². The van der Waals surface area contributed by atoms with E-state index in [0.717, 1.165) is 38.4 Å². The van der Waals surface area contributed by atoms with E-state index in [1.165, 1.54) is 5.00 Å². The zero-order chi connectivity index (χ0) is 14.9. The van der Waals surface area contributed by atoms with Gasteiger partial charge in [-0.05, 0) is 37.3 Å². The molecule has 0 aliphatic carbocycles. The van der Waals surface area contributed by atoms with E-state index < -0.39 is 0 Å². The minimum Gasteiger partial charge on any atom is -0.383 e. The van der Waals surface area contributed by atoms with Crippen molar-refractivity contribution in [2.24, 2.45) is 4.99 Å². The van der Waals surface area contributed by atoms with Crippen molar-refractivity contribution in [3.63, 3.8) is 0 Å². The summed E-state index contributed by atoms with van der Waals surface area (Å²) >= 11 is 1.82. The number of nitrogens with one attached hydrogen (secondary N) is 2. The molecule has 1 aromatic heterocycles. The molecule has 7 heteroatoms. The lowest BCUT2D eigenvalue weighted by Gasteiger charge is -2.33. The van der Waals surface area contributed by atoms with Gasteiger partial charge in [-0.2, -0.15) is 0 Å². The lowest BCUT2D eigenvalue weighted by molar-refractivity contribution is 0.207. The van der Waals surface area contributed by atoms with E-state index in [9.17, 15) is 0 Å². The number of thiophene rings is 1. The molecule has 0 unspecified atom stereocenters. The molecule has 126 valence electrons. The van der Waals surface area contributed by atoms with Gasteiger partial charge >= 0.3 is 0 Å². The predicted molar refractivity (Wildman–Crippen MR) is 106 cm³/mol. The standard InChI is InChI=1S/C15H26N4OS.HI/c1-3-16-15(17-8-11-20-2)18-13-6-9-19(10-7-13)14-5-4-12-21-14;/h4-5,12-13H,3,6-11H2,1-2H3,(H2,16,17,18);1H. The first-order chi connectivity index (χ1) is 10.3. The van der Waals surface area contributed by atoms with Crippen LogP contribution in [0.2, 0.25) is 0 Å². The van der Waals surface area contributed by atoms with Gasteiger partial charge in [0.2, 0.25) is 0 Å². The molecule has 0 saturated carbocycles. The molecule has 0 aromatic carbocycles. The van der Waals surface area contributed by atoms with Crippen LogP contribution < -0.4 is 15.5 Å². The number of nitrogens with zero attached hydrogens (tertiary/aromatic N) is 2. The predicted octanol–water partition coefficient (Wildman–Crippen LogP) is 2.54. The molecule has 1 saturated heterocycles. The van der Waals surface area contributed by atoms with Crippen LogP contribution in [0.15, 0.2) is 22.5 Å². The highest BCUT2D eigenvalue weighted by Crippen LogP contribution is 2.24. The third-order valence-electron chi connectivity index (χ3n) is 3.56. The number of hydrogen-bond acceptors (Lipinski definition) is 4. The molecule has 22 heavy (non-hydrogen) atoms. The molecule has 0 spiro atoms. The first-order valence-electron chi connectivity index (χ1n) is 7.65. The number of aliphatic imine (C=N–C) groups is 1. The number of halogens is 1. The maximum Gasteiger partial charge on any atom is 0.191 e. The SMILES string of the molecule is CCNC(=NCCOC)NC1CCN(c2cccs2)CC1.I. The highest BCUT2D eigenvalue weighted by molar-refractivity contribution is 14.0. The number of piperidine rings is 1. The van der Waals surface area contributed by atoms with E-state index in [-0.39, 0.29) is 24.0 Å². The molecule has 1 aliphatic heterocycles. The van der Waals surface area contributed by atoms with Crippen molar-refractivity contribution < 1.29 is 4.74 Å². The normalized spacial score (nSPS) is 16.3. The van der Waals surface area contributed by atoms with Crippen LogP contribution in [-0.2, 0) is 4.74 Å². The van der Waals surface area contributed by atoms with E-state index in [4.69, 9.17) is 4.74 Å². The quantitative estimate of drug-likeness (QED) is 0.310. The summed E-state index contributed by atoms with van der Waals surface area (Å²) in [5, 5.41) is 10.4. The second-order valence-electron chi connectivity index (χ2n) is 5.11. The minimum absolute atomic E-state index is 0. The summed E-state index contributed by atoms with van der Waals surface area (Å²) in [6.07, 6.45) is 2.29. The maximum atomic E-state index is 5.05. The van der Waals surface area contributed by atoms with Crippen LogP contribution in [0.5, 0.6) is 0 Å². The fourth-order valence-electron chi connectivity index (χ4n) is 2.46. The van der Waals surface area contributed by atoms with Gasteiger partial charge in [-0.25, -0.2) is 0 Å². The van der Waals surface area contributed by atoms with Crippen LogP contribution in [-0.4, -0.2) is 51.9 Å². The second kappa shape index (κ2) is 11.1. The van der Waals surface area contributed by atoms with Gasteiger partial charge in [0.05, 0.1) is 18.2 Å². The number of hydrogen-bond donors (Lipinski definition) is 2. The molecule has 1 aliphatic rings. The number of guanidine groups is 1. The van der Waals surface area contributed by atoms with Gasteiger partial charge in [0.1, 0.15) is 0 Å². The Morgan fingerprint density at radius 3 is 2.82 bits per heavy atom. The molecule has 0 radical (unpaired) electrons. The molecule has 2 rings (SSSR count). The average Bonchev–Trinajstić information content (AvgIpc) is 3.03. The van der Waals surface area contributed by atoms with Gasteiger partial charge in [-0.3, -0.25) is 4.99 Å². The molecule has 0 atom stereocenters. The van der Waals surface area contributed by atoms with Gasteiger partial charge in [-0.1, -0.05) is 0 Å². The number of anilines is 1. The molecule has 1 fully saturated rings. The Bertz CT molecular complexity index is 419. The van der Waals surface area contributed by atoms with Crippen molar-refractivity contribution in [1.82, 2.24) is 10.6 Å². The summed E-state index contributed by atoms with van der Waals surface area (Å²) in [6, 6.07) is 4.83. The Hall–Kier alpha value is -0.540. The highest BCUT2D eigenvalue weighted by Gasteiger charge is 2.20. The van der Waals surface area contributed by atoms with E-state index in [1.54, 1.807) is 7.11 Å². The van der Waals surface area contributed by atoms with Crippen LogP contribution in [0.3, 0.4) is 0 Å². The van der Waals surface area contributed by atoms with Crippen LogP contribution in [0, 0.1) is 0 Å². The molecule has 5 nitrogen and oxygen atoms in total. The van der Waals surface area contributed by atoms with Crippen molar-refractivity contribution in [3.05, 3.63) is 17.5 Å². The Labute approximate surface area is 154 Å². The van der Waals surface area contributed by atoms with Crippen LogP contribution in [0.25, 0.3) is 0 Å². The first kappa shape index (κ1) is 19.5. The monoisotopic (exact) mass is 438 g/mol. The summed E-state index contributed by atoms with van der Waals surface area (Å²) < 4.78 is 5.05. The number of methoxy groups -OCH3 is 1. The van der Waals surface area contributed by atoms with Gasteiger partial charge in [-0.15, -0.1) is 35.3 Å². The van der Waals surface area contributed by atoms with Crippen molar-refractivity contribution in [1.29, 1.82) is 0 Å². The lowest BCUT2D eigenvalue weighted by atomic mass is 10.1. The third kappa shape index (κ3) is 6.29. The van der Waals surface area contributed by atoms with Crippen molar-refractivity contribution in [3.8, 4) is 0 Å².